The average molecular weight is 305 g/mol. The Kier molecular flexibility index (Phi) is 3.62. The van der Waals surface area contributed by atoms with Crippen molar-refractivity contribution in [3.8, 4) is 5.75 Å². The Morgan fingerprint density at radius 1 is 1.25 bits per heavy atom. The molecule has 20 heavy (non-hydrogen) atoms. The van der Waals surface area contributed by atoms with Crippen molar-refractivity contribution >= 4 is 35.7 Å². The molecule has 0 fully saturated rings. The monoisotopic (exact) mass is 304 g/mol. The van der Waals surface area contributed by atoms with Gasteiger partial charge in [0.1, 0.15) is 5.75 Å². The van der Waals surface area contributed by atoms with Gasteiger partial charge in [0, 0.05) is 27.4 Å². The Hall–Kier alpha value is -1.98. The summed E-state index contributed by atoms with van der Waals surface area (Å²) in [4.78, 5) is 15.7. The summed E-state index contributed by atoms with van der Waals surface area (Å²) in [5.74, 6) is 0.0493. The number of hydrogen-bond donors (Lipinski definition) is 1. The molecule has 0 saturated carbocycles. The third kappa shape index (κ3) is 2.79. The highest BCUT2D eigenvalue weighted by molar-refractivity contribution is 7.97. The van der Waals surface area contributed by atoms with Crippen LogP contribution < -0.4 is 9.57 Å². The molecule has 0 bridgehead atoms. The minimum Gasteiger partial charge on any atom is -0.423 e. The third-order valence-corrected chi connectivity index (χ3v) is 3.67. The van der Waals surface area contributed by atoms with Crippen molar-refractivity contribution < 1.29 is 9.53 Å². The fraction of sp³-hybridized carbons (Fsp3) is 0. The van der Waals surface area contributed by atoms with Gasteiger partial charge in [0.2, 0.25) is 0 Å². The Morgan fingerprint density at radius 3 is 3.00 bits per heavy atom. The molecule has 0 saturated heterocycles. The zero-order valence-electron chi connectivity index (χ0n) is 10.2. The summed E-state index contributed by atoms with van der Waals surface area (Å²) in [7, 11) is 0. The van der Waals surface area contributed by atoms with E-state index in [9.17, 15) is 4.79 Å². The van der Waals surface area contributed by atoms with Gasteiger partial charge in [-0.2, -0.15) is 5.10 Å². The van der Waals surface area contributed by atoms with Crippen molar-refractivity contribution in [3.05, 3.63) is 58.6 Å². The van der Waals surface area contributed by atoms with Gasteiger partial charge in [-0.25, -0.2) is 9.63 Å². The molecule has 0 spiro atoms. The van der Waals surface area contributed by atoms with Gasteiger partial charge in [-0.3, -0.25) is 0 Å². The summed E-state index contributed by atoms with van der Waals surface area (Å²) in [6.45, 7) is 0. The molecule has 4 nitrogen and oxygen atoms in total. The van der Waals surface area contributed by atoms with E-state index in [2.05, 4.69) is 9.93 Å². The van der Waals surface area contributed by atoms with Crippen LogP contribution in [0.15, 0.2) is 52.5 Å². The molecule has 2 aromatic carbocycles. The first-order valence-electron chi connectivity index (χ1n) is 5.79. The van der Waals surface area contributed by atoms with Crippen molar-refractivity contribution in [2.24, 2.45) is 5.10 Å². The molecule has 0 unspecified atom stereocenters. The number of rotatable bonds is 2. The van der Waals surface area contributed by atoms with E-state index in [0.717, 1.165) is 10.5 Å². The van der Waals surface area contributed by atoms with E-state index < -0.39 is 5.97 Å². The molecule has 2 aromatic rings. The minimum atomic E-state index is -0.435. The largest absolute Gasteiger partial charge is 0.423 e. The molecule has 0 atom stereocenters. The maximum absolute atomic E-state index is 12.0. The van der Waals surface area contributed by atoms with E-state index in [-0.39, 0.29) is 0 Å². The normalized spacial score (nSPS) is 12.4. The summed E-state index contributed by atoms with van der Waals surface area (Å²) < 4.78 is 5.34. The number of hydrazone groups is 1. The molecule has 6 heteroatoms. The summed E-state index contributed by atoms with van der Waals surface area (Å²) in [5, 5.41) is 4.43. The van der Waals surface area contributed by atoms with Crippen molar-refractivity contribution in [1.29, 1.82) is 0 Å². The number of fused-ring (bicyclic) bond motifs is 1. The van der Waals surface area contributed by atoms with Crippen LogP contribution in [0.25, 0.3) is 0 Å². The van der Waals surface area contributed by atoms with Gasteiger partial charge in [0.05, 0.1) is 11.8 Å². The predicted octanol–water partition coefficient (Wildman–Crippen LogP) is 3.50. The summed E-state index contributed by atoms with van der Waals surface area (Å²) in [6, 6.07) is 12.0. The summed E-state index contributed by atoms with van der Waals surface area (Å²) in [6.07, 6.45) is 1.72. The van der Waals surface area contributed by atoms with Crippen molar-refractivity contribution in [2.75, 3.05) is 0 Å². The predicted molar refractivity (Wildman–Crippen MR) is 79.4 cm³/mol. The van der Waals surface area contributed by atoms with Gasteiger partial charge in [0.15, 0.2) is 0 Å². The number of nitrogens with one attached hydrogen (secondary N) is 1. The first-order chi connectivity index (χ1) is 9.72. The van der Waals surface area contributed by atoms with Crippen LogP contribution in [0.3, 0.4) is 0 Å². The molecule has 1 aliphatic rings. The van der Waals surface area contributed by atoms with Gasteiger partial charge in [0.25, 0.3) is 0 Å². The second-order valence-corrected chi connectivity index (χ2v) is 5.31. The van der Waals surface area contributed by atoms with Crippen molar-refractivity contribution in [2.45, 2.75) is 4.90 Å². The van der Waals surface area contributed by atoms with Crippen LogP contribution >= 0.6 is 23.5 Å². The first-order valence-corrected chi connectivity index (χ1v) is 6.98. The van der Waals surface area contributed by atoms with Crippen LogP contribution in [0.2, 0.25) is 5.02 Å². The van der Waals surface area contributed by atoms with E-state index in [4.69, 9.17) is 16.3 Å². The molecular formula is C14H9ClN2O2S. The number of ether oxygens (including phenoxy) is 1. The maximum atomic E-state index is 12.0. The third-order valence-electron chi connectivity index (χ3n) is 2.67. The highest BCUT2D eigenvalue weighted by atomic mass is 35.5. The van der Waals surface area contributed by atoms with E-state index in [1.807, 2.05) is 6.07 Å². The molecule has 1 aliphatic heterocycles. The van der Waals surface area contributed by atoms with Gasteiger partial charge in [-0.1, -0.05) is 17.7 Å². The Bertz CT molecular complexity index is 703. The number of hydrogen-bond acceptors (Lipinski definition) is 5. The first kappa shape index (κ1) is 13.0. The Morgan fingerprint density at radius 2 is 2.15 bits per heavy atom. The van der Waals surface area contributed by atoms with Crippen LogP contribution in [-0.2, 0) is 0 Å². The lowest BCUT2D eigenvalue weighted by Crippen LogP contribution is -2.09. The summed E-state index contributed by atoms with van der Waals surface area (Å²) in [5.41, 5.74) is 1.40. The number of benzene rings is 2. The zero-order valence-corrected chi connectivity index (χ0v) is 11.7. The number of carbonyl (C=O) groups excluding carboxylic acids is 1. The number of halogens is 1. The van der Waals surface area contributed by atoms with Crippen LogP contribution in [0.4, 0.5) is 0 Å². The number of esters is 1. The van der Waals surface area contributed by atoms with Crippen LogP contribution in [0.5, 0.6) is 5.75 Å². The van der Waals surface area contributed by atoms with Crippen LogP contribution in [0, 0.1) is 0 Å². The quantitative estimate of drug-likeness (QED) is 0.524. The fourth-order valence-electron chi connectivity index (χ4n) is 1.73. The van der Waals surface area contributed by atoms with Gasteiger partial charge in [-0.15, -0.1) is 0 Å². The van der Waals surface area contributed by atoms with E-state index >= 15 is 0 Å². The van der Waals surface area contributed by atoms with Gasteiger partial charge in [-0.05, 0) is 36.4 Å². The standard InChI is InChI=1S/C14H9ClN2O2S/c15-11-3-1-2-9(6-11)14(18)19-12-5-4-10-8-16-17-20-13(10)7-12/h1-8,17H. The average Bonchev–Trinajstić information content (AvgIpc) is 2.47. The molecule has 3 rings (SSSR count). The maximum Gasteiger partial charge on any atom is 0.343 e. The Labute approximate surface area is 124 Å². The molecule has 0 aliphatic carbocycles. The number of carbonyl (C=O) groups is 1. The molecule has 100 valence electrons. The van der Waals surface area contributed by atoms with E-state index in [0.29, 0.717) is 16.3 Å². The topological polar surface area (TPSA) is 50.7 Å². The van der Waals surface area contributed by atoms with Gasteiger partial charge < -0.3 is 4.74 Å². The SMILES string of the molecule is O=C(Oc1ccc2c(c1)SNN=C2)c1cccc(Cl)c1. The second-order valence-electron chi connectivity index (χ2n) is 4.05. The fourth-order valence-corrected chi connectivity index (χ4v) is 2.53. The smallest absolute Gasteiger partial charge is 0.343 e. The van der Waals surface area contributed by atoms with Crippen molar-refractivity contribution in [3.63, 3.8) is 0 Å². The summed E-state index contributed by atoms with van der Waals surface area (Å²) >= 11 is 7.22. The molecule has 1 N–H and O–H groups in total. The molecule has 0 radical (unpaired) electrons. The van der Waals surface area contributed by atoms with E-state index in [1.165, 1.54) is 11.9 Å². The lowest BCUT2D eigenvalue weighted by Gasteiger charge is -2.11. The van der Waals surface area contributed by atoms with Gasteiger partial charge >= 0.3 is 5.97 Å². The molecule has 0 amide bonds. The highest BCUT2D eigenvalue weighted by Crippen LogP contribution is 2.27. The van der Waals surface area contributed by atoms with E-state index in [1.54, 1.807) is 42.6 Å². The minimum absolute atomic E-state index is 0.419. The van der Waals surface area contributed by atoms with Crippen LogP contribution in [0.1, 0.15) is 15.9 Å². The molecule has 0 aromatic heterocycles. The highest BCUT2D eigenvalue weighted by Gasteiger charge is 2.12. The molecule has 1 heterocycles. The molecular weight excluding hydrogens is 296 g/mol. The van der Waals surface area contributed by atoms with Crippen molar-refractivity contribution in [1.82, 2.24) is 4.83 Å². The Balaban J connectivity index is 1.81. The zero-order chi connectivity index (χ0) is 13.9. The lowest BCUT2D eigenvalue weighted by atomic mass is 10.2. The second kappa shape index (κ2) is 5.56. The number of nitrogens with zero attached hydrogens (tertiary/aromatic N) is 1. The van der Waals surface area contributed by atoms with Crippen LogP contribution in [-0.4, -0.2) is 12.2 Å². The lowest BCUT2D eigenvalue weighted by molar-refractivity contribution is 0.0734.